The standard InChI is InChI=1S/C9H14N4O/c1-6-8(4-11-12-6)9(14)13-3-2-7(10)5-13/h4,7H,2-3,5,10H2,1H3,(H,11,12). The zero-order valence-corrected chi connectivity index (χ0v) is 8.16. The molecule has 1 aliphatic rings. The average Bonchev–Trinajstić information content (AvgIpc) is 2.73. The van der Waals surface area contributed by atoms with Gasteiger partial charge < -0.3 is 10.6 Å². The molecule has 2 heterocycles. The Labute approximate surface area is 82.3 Å². The Hall–Kier alpha value is -1.36. The summed E-state index contributed by atoms with van der Waals surface area (Å²) in [5.41, 5.74) is 7.20. The van der Waals surface area contributed by atoms with E-state index < -0.39 is 0 Å². The fourth-order valence-electron chi connectivity index (χ4n) is 1.71. The van der Waals surface area contributed by atoms with Gasteiger partial charge in [-0.05, 0) is 13.3 Å². The van der Waals surface area contributed by atoms with E-state index in [1.165, 1.54) is 0 Å². The van der Waals surface area contributed by atoms with Crippen LogP contribution in [0.5, 0.6) is 0 Å². The Kier molecular flexibility index (Phi) is 2.25. The number of carbonyl (C=O) groups excluding carboxylic acids is 1. The van der Waals surface area contributed by atoms with Crippen molar-refractivity contribution in [2.75, 3.05) is 13.1 Å². The van der Waals surface area contributed by atoms with Gasteiger partial charge in [0.05, 0.1) is 11.8 Å². The minimum Gasteiger partial charge on any atom is -0.337 e. The Morgan fingerprint density at radius 1 is 1.79 bits per heavy atom. The van der Waals surface area contributed by atoms with Crippen LogP contribution in [0.25, 0.3) is 0 Å². The van der Waals surface area contributed by atoms with Gasteiger partial charge in [0, 0.05) is 24.8 Å². The van der Waals surface area contributed by atoms with E-state index in [0.717, 1.165) is 18.7 Å². The molecule has 1 aliphatic heterocycles. The van der Waals surface area contributed by atoms with E-state index in [0.29, 0.717) is 12.1 Å². The monoisotopic (exact) mass is 194 g/mol. The van der Waals surface area contributed by atoms with Gasteiger partial charge in [-0.1, -0.05) is 0 Å². The van der Waals surface area contributed by atoms with Crippen LogP contribution in [-0.2, 0) is 0 Å². The van der Waals surface area contributed by atoms with Crippen LogP contribution in [0.15, 0.2) is 6.20 Å². The van der Waals surface area contributed by atoms with Crippen molar-refractivity contribution in [2.24, 2.45) is 5.73 Å². The zero-order valence-electron chi connectivity index (χ0n) is 8.16. The molecule has 5 nitrogen and oxygen atoms in total. The molecule has 0 aromatic carbocycles. The maximum absolute atomic E-state index is 11.9. The molecule has 0 saturated carbocycles. The number of aromatic amines is 1. The van der Waals surface area contributed by atoms with E-state index in [1.54, 1.807) is 11.1 Å². The number of aryl methyl sites for hydroxylation is 1. The highest BCUT2D eigenvalue weighted by atomic mass is 16.2. The molecule has 76 valence electrons. The minimum atomic E-state index is 0.0317. The van der Waals surface area contributed by atoms with Crippen molar-refractivity contribution in [3.63, 3.8) is 0 Å². The van der Waals surface area contributed by atoms with Gasteiger partial charge in [0.1, 0.15) is 0 Å². The third-order valence-corrected chi connectivity index (χ3v) is 2.57. The van der Waals surface area contributed by atoms with Gasteiger partial charge in [-0.15, -0.1) is 0 Å². The Morgan fingerprint density at radius 2 is 2.57 bits per heavy atom. The summed E-state index contributed by atoms with van der Waals surface area (Å²) < 4.78 is 0. The van der Waals surface area contributed by atoms with Crippen molar-refractivity contribution in [1.82, 2.24) is 15.1 Å². The van der Waals surface area contributed by atoms with Crippen LogP contribution in [0, 0.1) is 6.92 Å². The molecule has 14 heavy (non-hydrogen) atoms. The molecule has 1 saturated heterocycles. The second-order valence-corrected chi connectivity index (χ2v) is 3.71. The van der Waals surface area contributed by atoms with Gasteiger partial charge >= 0.3 is 0 Å². The lowest BCUT2D eigenvalue weighted by Crippen LogP contribution is -2.32. The van der Waals surface area contributed by atoms with E-state index in [-0.39, 0.29) is 11.9 Å². The lowest BCUT2D eigenvalue weighted by atomic mass is 10.2. The summed E-state index contributed by atoms with van der Waals surface area (Å²) in [5, 5.41) is 6.58. The molecule has 1 fully saturated rings. The summed E-state index contributed by atoms with van der Waals surface area (Å²) >= 11 is 0. The Bertz CT molecular complexity index is 346. The van der Waals surface area contributed by atoms with E-state index in [4.69, 9.17) is 5.73 Å². The van der Waals surface area contributed by atoms with E-state index >= 15 is 0 Å². The first kappa shape index (κ1) is 9.21. The van der Waals surface area contributed by atoms with Crippen LogP contribution < -0.4 is 5.73 Å². The molecule has 5 heteroatoms. The van der Waals surface area contributed by atoms with Crippen molar-refractivity contribution < 1.29 is 4.79 Å². The number of rotatable bonds is 1. The predicted molar refractivity (Wildman–Crippen MR) is 51.8 cm³/mol. The normalized spacial score (nSPS) is 21.6. The number of hydrogen-bond acceptors (Lipinski definition) is 3. The zero-order chi connectivity index (χ0) is 10.1. The van der Waals surface area contributed by atoms with Crippen LogP contribution in [0.2, 0.25) is 0 Å². The highest BCUT2D eigenvalue weighted by Crippen LogP contribution is 2.13. The molecule has 1 atom stereocenters. The van der Waals surface area contributed by atoms with E-state index in [2.05, 4.69) is 10.2 Å². The van der Waals surface area contributed by atoms with Crippen LogP contribution in [0.1, 0.15) is 22.5 Å². The topological polar surface area (TPSA) is 75.0 Å². The Morgan fingerprint density at radius 3 is 3.07 bits per heavy atom. The molecule has 0 radical (unpaired) electrons. The van der Waals surface area contributed by atoms with Gasteiger partial charge in [0.2, 0.25) is 0 Å². The summed E-state index contributed by atoms with van der Waals surface area (Å²) in [6, 6.07) is 0.131. The first-order valence-electron chi connectivity index (χ1n) is 4.73. The fourth-order valence-corrected chi connectivity index (χ4v) is 1.71. The number of aromatic nitrogens is 2. The quantitative estimate of drug-likeness (QED) is 0.655. The third kappa shape index (κ3) is 1.50. The predicted octanol–water partition coefficient (Wildman–Crippen LogP) is -0.109. The van der Waals surface area contributed by atoms with Gasteiger partial charge in [0.15, 0.2) is 0 Å². The summed E-state index contributed by atoms with van der Waals surface area (Å²) in [4.78, 5) is 13.7. The first-order chi connectivity index (χ1) is 6.68. The van der Waals surface area contributed by atoms with Crippen molar-refractivity contribution in [1.29, 1.82) is 0 Å². The molecular formula is C9H14N4O. The second kappa shape index (κ2) is 3.42. The van der Waals surface area contributed by atoms with Crippen molar-refractivity contribution in [3.05, 3.63) is 17.5 Å². The summed E-state index contributed by atoms with van der Waals surface area (Å²) in [7, 11) is 0. The number of nitrogens with one attached hydrogen (secondary N) is 1. The number of amides is 1. The molecule has 1 unspecified atom stereocenters. The number of nitrogens with two attached hydrogens (primary N) is 1. The highest BCUT2D eigenvalue weighted by Gasteiger charge is 2.25. The summed E-state index contributed by atoms with van der Waals surface area (Å²) in [5.74, 6) is 0.0317. The van der Waals surface area contributed by atoms with Crippen molar-refractivity contribution >= 4 is 5.91 Å². The average molecular weight is 194 g/mol. The molecule has 0 spiro atoms. The largest absolute Gasteiger partial charge is 0.337 e. The molecule has 0 aliphatic carbocycles. The van der Waals surface area contributed by atoms with Gasteiger partial charge in [-0.3, -0.25) is 9.89 Å². The highest BCUT2D eigenvalue weighted by molar-refractivity contribution is 5.95. The van der Waals surface area contributed by atoms with Crippen LogP contribution in [0.4, 0.5) is 0 Å². The molecular weight excluding hydrogens is 180 g/mol. The van der Waals surface area contributed by atoms with Crippen LogP contribution in [0.3, 0.4) is 0 Å². The van der Waals surface area contributed by atoms with Crippen LogP contribution >= 0.6 is 0 Å². The first-order valence-corrected chi connectivity index (χ1v) is 4.73. The Balaban J connectivity index is 2.13. The molecule has 1 amide bonds. The number of carbonyl (C=O) groups is 1. The number of H-pyrrole nitrogens is 1. The van der Waals surface area contributed by atoms with Crippen LogP contribution in [-0.4, -0.2) is 40.1 Å². The molecule has 0 bridgehead atoms. The smallest absolute Gasteiger partial charge is 0.257 e. The fraction of sp³-hybridized carbons (Fsp3) is 0.556. The van der Waals surface area contributed by atoms with Gasteiger partial charge in [-0.2, -0.15) is 5.10 Å². The maximum atomic E-state index is 11.9. The van der Waals surface area contributed by atoms with Gasteiger partial charge in [-0.25, -0.2) is 0 Å². The van der Waals surface area contributed by atoms with Crippen molar-refractivity contribution in [3.8, 4) is 0 Å². The van der Waals surface area contributed by atoms with E-state index in [9.17, 15) is 4.79 Å². The minimum absolute atomic E-state index is 0.0317. The summed E-state index contributed by atoms with van der Waals surface area (Å²) in [6.45, 7) is 3.25. The molecule has 2 rings (SSSR count). The SMILES string of the molecule is Cc1[nH]ncc1C(=O)N1CCC(N)C1. The number of nitrogens with zero attached hydrogens (tertiary/aromatic N) is 2. The van der Waals surface area contributed by atoms with Gasteiger partial charge in [0.25, 0.3) is 5.91 Å². The van der Waals surface area contributed by atoms with Crippen molar-refractivity contribution in [2.45, 2.75) is 19.4 Å². The number of likely N-dealkylation sites (tertiary alicyclic amines) is 1. The number of hydrogen-bond donors (Lipinski definition) is 2. The molecule has 3 N–H and O–H groups in total. The third-order valence-electron chi connectivity index (χ3n) is 2.57. The molecule has 1 aromatic heterocycles. The molecule has 1 aromatic rings. The lowest BCUT2D eigenvalue weighted by Gasteiger charge is -2.14. The second-order valence-electron chi connectivity index (χ2n) is 3.71. The summed E-state index contributed by atoms with van der Waals surface area (Å²) in [6.07, 6.45) is 2.46. The van der Waals surface area contributed by atoms with E-state index in [1.807, 2.05) is 6.92 Å². The maximum Gasteiger partial charge on any atom is 0.257 e. The lowest BCUT2D eigenvalue weighted by molar-refractivity contribution is 0.0790.